The molecule has 0 radical (unpaired) electrons. The van der Waals surface area contributed by atoms with Gasteiger partial charge in [-0.15, -0.1) is 0 Å². The van der Waals surface area contributed by atoms with E-state index in [1.54, 1.807) is 45.7 Å². The summed E-state index contributed by atoms with van der Waals surface area (Å²) in [5, 5.41) is 29.0. The van der Waals surface area contributed by atoms with Crippen LogP contribution in [-0.2, 0) is 4.79 Å². The Morgan fingerprint density at radius 1 is 1.05 bits per heavy atom. The number of aromatic nitrogens is 4. The number of hydrogen-bond acceptors (Lipinski definition) is 10. The molecule has 3 aromatic rings. The highest BCUT2D eigenvalue weighted by molar-refractivity contribution is 5.73. The molecule has 0 unspecified atom stereocenters. The zero-order valence-electron chi connectivity index (χ0n) is 23.2. The zero-order valence-corrected chi connectivity index (χ0v) is 23.2. The number of nitrogens with one attached hydrogen (secondary N) is 2. The van der Waals surface area contributed by atoms with Crippen molar-refractivity contribution in [2.24, 2.45) is 0 Å². The van der Waals surface area contributed by atoms with Crippen LogP contribution in [0.1, 0.15) is 43.0 Å². The van der Waals surface area contributed by atoms with Gasteiger partial charge < -0.3 is 35.1 Å². The molecular formula is C26H33F3N6O6. The lowest BCUT2D eigenvalue weighted by molar-refractivity contribution is -0.192. The monoisotopic (exact) mass is 582 g/mol. The summed E-state index contributed by atoms with van der Waals surface area (Å²) in [6.45, 7) is 4.00. The topological polar surface area (TPSA) is 153 Å². The minimum atomic E-state index is -5.08. The molecule has 12 nitrogen and oxygen atoms in total. The summed E-state index contributed by atoms with van der Waals surface area (Å²) in [7, 11) is 4.70. The highest BCUT2D eigenvalue weighted by Crippen LogP contribution is 2.40. The highest BCUT2D eigenvalue weighted by atomic mass is 19.4. The summed E-state index contributed by atoms with van der Waals surface area (Å²) in [5.74, 6) is 0.653. The first-order valence-electron chi connectivity index (χ1n) is 12.6. The van der Waals surface area contributed by atoms with E-state index in [9.17, 15) is 18.3 Å². The van der Waals surface area contributed by atoms with Crippen molar-refractivity contribution in [3.8, 4) is 17.2 Å². The number of nitrogens with zero attached hydrogens (tertiary/aromatic N) is 4. The van der Waals surface area contributed by atoms with Crippen LogP contribution in [0.4, 0.5) is 36.4 Å². The molecule has 0 aliphatic heterocycles. The van der Waals surface area contributed by atoms with Crippen LogP contribution in [0.2, 0.25) is 0 Å². The first-order chi connectivity index (χ1) is 19.4. The Morgan fingerprint density at radius 2 is 1.66 bits per heavy atom. The molecule has 41 heavy (non-hydrogen) atoms. The number of aliphatic hydroxyl groups excluding tert-OH is 1. The van der Waals surface area contributed by atoms with Crippen LogP contribution < -0.4 is 24.8 Å². The van der Waals surface area contributed by atoms with E-state index in [-0.39, 0.29) is 6.04 Å². The number of carboxylic acids is 1. The molecule has 0 saturated heterocycles. The van der Waals surface area contributed by atoms with Gasteiger partial charge in [0.15, 0.2) is 11.5 Å². The molecule has 1 aliphatic carbocycles. The van der Waals surface area contributed by atoms with E-state index in [0.29, 0.717) is 34.7 Å². The summed E-state index contributed by atoms with van der Waals surface area (Å²) in [6.07, 6.45) is -0.00643. The lowest BCUT2D eigenvalue weighted by Crippen LogP contribution is -2.29. The molecule has 224 valence electrons. The van der Waals surface area contributed by atoms with Crippen molar-refractivity contribution in [2.45, 2.75) is 57.9 Å². The van der Waals surface area contributed by atoms with Crippen molar-refractivity contribution in [1.82, 2.24) is 19.7 Å². The van der Waals surface area contributed by atoms with Crippen LogP contribution in [0.15, 0.2) is 24.4 Å². The Bertz CT molecular complexity index is 1320. The fraction of sp³-hybridized carbons (Fsp3) is 0.462. The minimum absolute atomic E-state index is 0.0534. The maximum atomic E-state index is 10.6. The quantitative estimate of drug-likeness (QED) is 0.286. The second-order valence-corrected chi connectivity index (χ2v) is 9.16. The molecule has 4 N–H and O–H groups in total. The molecule has 1 fully saturated rings. The molecule has 0 spiro atoms. The second-order valence-electron chi connectivity index (χ2n) is 9.16. The van der Waals surface area contributed by atoms with Gasteiger partial charge in [-0.2, -0.15) is 23.3 Å². The number of anilines is 4. The third kappa shape index (κ3) is 7.68. The smallest absolute Gasteiger partial charge is 0.490 e. The molecule has 0 amide bonds. The summed E-state index contributed by atoms with van der Waals surface area (Å²) < 4.78 is 49.9. The Hall–Kier alpha value is -4.27. The molecule has 4 rings (SSSR count). The number of halogens is 3. The van der Waals surface area contributed by atoms with Gasteiger partial charge in [0.05, 0.1) is 39.2 Å². The molecule has 2 atom stereocenters. The predicted octanol–water partition coefficient (Wildman–Crippen LogP) is 4.91. The number of alkyl halides is 3. The number of ether oxygens (including phenoxy) is 3. The van der Waals surface area contributed by atoms with Crippen LogP contribution in [0, 0.1) is 13.8 Å². The van der Waals surface area contributed by atoms with Crippen molar-refractivity contribution in [3.63, 3.8) is 0 Å². The number of rotatable bonds is 8. The van der Waals surface area contributed by atoms with E-state index in [4.69, 9.17) is 29.2 Å². The van der Waals surface area contributed by atoms with Gasteiger partial charge >= 0.3 is 12.1 Å². The fourth-order valence-corrected chi connectivity index (χ4v) is 4.29. The normalized spacial score (nSPS) is 16.7. The van der Waals surface area contributed by atoms with Crippen molar-refractivity contribution >= 4 is 29.2 Å². The van der Waals surface area contributed by atoms with Gasteiger partial charge in [0.25, 0.3) is 0 Å². The number of aliphatic carboxylic acids is 1. The number of hydrogen-bond donors (Lipinski definition) is 4. The van der Waals surface area contributed by atoms with Crippen LogP contribution in [0.5, 0.6) is 17.2 Å². The average Bonchev–Trinajstić information content (AvgIpc) is 3.21. The van der Waals surface area contributed by atoms with E-state index in [1.807, 2.05) is 18.5 Å². The SMILES string of the molecule is COc1cc(Nc2nccc(Nc3c(C)c(C)nn3[C@H]3CCCC[C@@H]3O)n2)cc(OC)c1OC.O=C(O)C(F)(F)F. The number of carboxylic acid groups (broad SMARTS) is 1. The highest BCUT2D eigenvalue weighted by Gasteiger charge is 2.38. The van der Waals surface area contributed by atoms with Gasteiger partial charge in [-0.05, 0) is 32.8 Å². The Labute approximate surface area is 234 Å². The third-order valence-electron chi connectivity index (χ3n) is 6.46. The Kier molecular flexibility index (Phi) is 10.2. The van der Waals surface area contributed by atoms with E-state index < -0.39 is 18.2 Å². The molecule has 1 saturated carbocycles. The minimum Gasteiger partial charge on any atom is -0.493 e. The van der Waals surface area contributed by atoms with Crippen molar-refractivity contribution in [1.29, 1.82) is 0 Å². The molecule has 2 heterocycles. The molecule has 1 aliphatic rings. The lowest BCUT2D eigenvalue weighted by Gasteiger charge is -2.29. The standard InChI is InChI=1S/C24H32N6O4.C2HF3O2/c1-14-15(2)29-30(17-8-6-7-9-18(17)31)23(14)27-21-10-11-25-24(28-21)26-16-12-19(32-3)22(34-5)20(13-16)33-4;3-2(4,5)1(6)7/h10-13,17-18,31H,6-9H2,1-5H3,(H2,25,26,27,28);(H,6,7)/t17-,18-;/m0./s1. The van der Waals surface area contributed by atoms with Gasteiger partial charge in [-0.3, -0.25) is 0 Å². The summed E-state index contributed by atoms with van der Waals surface area (Å²) in [6, 6.07) is 5.32. The van der Waals surface area contributed by atoms with Crippen LogP contribution in [0.3, 0.4) is 0 Å². The van der Waals surface area contributed by atoms with Gasteiger partial charge in [0.1, 0.15) is 11.6 Å². The van der Waals surface area contributed by atoms with Gasteiger partial charge in [-0.25, -0.2) is 14.5 Å². The van der Waals surface area contributed by atoms with Crippen LogP contribution in [-0.4, -0.2) is 69.5 Å². The van der Waals surface area contributed by atoms with E-state index in [2.05, 4.69) is 20.6 Å². The maximum Gasteiger partial charge on any atom is 0.490 e. The zero-order chi connectivity index (χ0) is 30.3. The molecule has 15 heteroatoms. The lowest BCUT2D eigenvalue weighted by atomic mass is 9.93. The third-order valence-corrected chi connectivity index (χ3v) is 6.46. The Morgan fingerprint density at radius 3 is 2.20 bits per heavy atom. The molecule has 1 aromatic carbocycles. The average molecular weight is 583 g/mol. The number of aryl methyl sites for hydroxylation is 1. The fourth-order valence-electron chi connectivity index (χ4n) is 4.29. The largest absolute Gasteiger partial charge is 0.493 e. The van der Waals surface area contributed by atoms with Crippen molar-refractivity contribution in [3.05, 3.63) is 35.7 Å². The first-order valence-corrected chi connectivity index (χ1v) is 12.6. The molecule has 2 aromatic heterocycles. The first kappa shape index (κ1) is 31.3. The van der Waals surface area contributed by atoms with E-state index in [1.165, 1.54) is 0 Å². The molecule has 0 bridgehead atoms. The van der Waals surface area contributed by atoms with Crippen LogP contribution >= 0.6 is 0 Å². The van der Waals surface area contributed by atoms with Crippen molar-refractivity contribution in [2.75, 3.05) is 32.0 Å². The van der Waals surface area contributed by atoms with Gasteiger partial charge in [0, 0.05) is 29.6 Å². The summed E-state index contributed by atoms with van der Waals surface area (Å²) in [4.78, 5) is 17.9. The van der Waals surface area contributed by atoms with E-state index in [0.717, 1.165) is 42.8 Å². The number of benzene rings is 1. The number of carbonyl (C=O) groups is 1. The Balaban J connectivity index is 0.000000587. The summed E-state index contributed by atoms with van der Waals surface area (Å²) >= 11 is 0. The van der Waals surface area contributed by atoms with Crippen LogP contribution in [0.25, 0.3) is 0 Å². The predicted molar refractivity (Wildman–Crippen MR) is 144 cm³/mol. The number of aliphatic hydroxyl groups is 1. The van der Waals surface area contributed by atoms with Crippen molar-refractivity contribution < 1.29 is 42.4 Å². The second kappa shape index (κ2) is 13.4. The van der Waals surface area contributed by atoms with E-state index >= 15 is 0 Å². The van der Waals surface area contributed by atoms with Gasteiger partial charge in [0.2, 0.25) is 11.7 Å². The number of methoxy groups -OCH3 is 3. The summed E-state index contributed by atoms with van der Waals surface area (Å²) in [5.41, 5.74) is 2.63. The van der Waals surface area contributed by atoms with Gasteiger partial charge in [-0.1, -0.05) is 12.8 Å². The maximum absolute atomic E-state index is 10.6. The molecular weight excluding hydrogens is 549 g/mol.